The van der Waals surface area contributed by atoms with Crippen LogP contribution in [-0.4, -0.2) is 42.0 Å². The van der Waals surface area contributed by atoms with Crippen molar-refractivity contribution in [1.82, 2.24) is 4.90 Å². The van der Waals surface area contributed by atoms with Gasteiger partial charge in [-0.25, -0.2) is 4.79 Å². The third-order valence-corrected chi connectivity index (χ3v) is 8.79. The summed E-state index contributed by atoms with van der Waals surface area (Å²) in [5.74, 6) is -0.756. The molecule has 2 unspecified atom stereocenters. The molecule has 7 heteroatoms. The van der Waals surface area contributed by atoms with Crippen molar-refractivity contribution in [2.24, 2.45) is 0 Å². The Labute approximate surface area is 174 Å². The van der Waals surface area contributed by atoms with E-state index in [4.69, 9.17) is 4.74 Å². The van der Waals surface area contributed by atoms with Crippen LogP contribution in [0.15, 0.2) is 60.7 Å². The smallest absolute Gasteiger partial charge is 0.331 e. The number of carbonyl (C=O) groups is 2. The monoisotopic (exact) mass is 461 g/mol. The Hall–Kier alpha value is -1.99. The van der Waals surface area contributed by atoms with E-state index in [2.05, 4.69) is 15.9 Å². The van der Waals surface area contributed by atoms with Crippen molar-refractivity contribution in [3.8, 4) is 0 Å². The first-order valence-electron chi connectivity index (χ1n) is 9.01. The number of alkyl halides is 1. The molecule has 0 bridgehead atoms. The summed E-state index contributed by atoms with van der Waals surface area (Å²) in [6, 6.07) is 18.1. The normalized spacial score (nSPS) is 28.0. The van der Waals surface area contributed by atoms with Crippen LogP contribution in [0.4, 0.5) is 0 Å². The summed E-state index contributed by atoms with van der Waals surface area (Å²) in [6.45, 7) is 3.50. The molecule has 2 fully saturated rings. The average Bonchev–Trinajstić information content (AvgIpc) is 2.91. The molecule has 2 aromatic carbocycles. The fraction of sp³-hybridized carbons (Fsp3) is 0.333. The molecule has 4 rings (SSSR count). The molecule has 2 aromatic rings. The van der Waals surface area contributed by atoms with E-state index in [0.717, 1.165) is 11.1 Å². The molecule has 2 saturated heterocycles. The van der Waals surface area contributed by atoms with Crippen LogP contribution < -0.4 is 0 Å². The Kier molecular flexibility index (Phi) is 4.91. The fourth-order valence-corrected chi connectivity index (χ4v) is 6.75. The van der Waals surface area contributed by atoms with E-state index in [1.807, 2.05) is 60.7 Å². The van der Waals surface area contributed by atoms with Gasteiger partial charge >= 0.3 is 5.97 Å². The van der Waals surface area contributed by atoms with E-state index in [0.29, 0.717) is 0 Å². The van der Waals surface area contributed by atoms with Crippen LogP contribution >= 0.6 is 15.9 Å². The van der Waals surface area contributed by atoms with Crippen LogP contribution in [0.3, 0.4) is 0 Å². The van der Waals surface area contributed by atoms with E-state index < -0.39 is 43.9 Å². The van der Waals surface area contributed by atoms with Crippen molar-refractivity contribution < 1.29 is 18.5 Å². The van der Waals surface area contributed by atoms with Crippen LogP contribution in [0.25, 0.3) is 0 Å². The number of hydrogen-bond donors (Lipinski definition) is 0. The van der Waals surface area contributed by atoms with E-state index in [-0.39, 0.29) is 5.91 Å². The number of carbonyl (C=O) groups excluding carboxylic acids is 2. The van der Waals surface area contributed by atoms with Crippen molar-refractivity contribution in [2.75, 3.05) is 0 Å². The maximum atomic E-state index is 13.2. The van der Waals surface area contributed by atoms with Gasteiger partial charge in [0.05, 0.1) is 15.5 Å². The SMILES string of the molecule is CC1(C)[C@H](C(=O)OC(c2ccccc2)c2ccccc2)N2C(=O)C(Br)[C@H]2S1=O. The first-order valence-corrected chi connectivity index (χ1v) is 11.1. The van der Waals surface area contributed by atoms with Crippen LogP contribution in [0, 0.1) is 0 Å². The Bertz CT molecular complexity index is 894. The average molecular weight is 462 g/mol. The van der Waals surface area contributed by atoms with Gasteiger partial charge < -0.3 is 9.64 Å². The molecule has 146 valence electrons. The lowest BCUT2D eigenvalue weighted by atomic mass is 9.97. The molecule has 4 atom stereocenters. The van der Waals surface area contributed by atoms with Gasteiger partial charge in [-0.15, -0.1) is 0 Å². The largest absolute Gasteiger partial charge is 0.451 e. The summed E-state index contributed by atoms with van der Waals surface area (Å²) in [6.07, 6.45) is -0.602. The van der Waals surface area contributed by atoms with Crippen LogP contribution in [0.5, 0.6) is 0 Å². The number of rotatable bonds is 4. The lowest BCUT2D eigenvalue weighted by Gasteiger charge is -2.40. The molecule has 2 aliphatic rings. The molecule has 5 nitrogen and oxygen atoms in total. The number of esters is 1. The van der Waals surface area contributed by atoms with E-state index >= 15 is 0 Å². The number of amides is 1. The highest BCUT2D eigenvalue weighted by Gasteiger charge is 2.67. The maximum absolute atomic E-state index is 13.2. The van der Waals surface area contributed by atoms with Crippen molar-refractivity contribution in [1.29, 1.82) is 0 Å². The minimum atomic E-state index is -1.37. The van der Waals surface area contributed by atoms with Crippen molar-refractivity contribution in [3.05, 3.63) is 71.8 Å². The first kappa shape index (κ1) is 19.3. The number of benzene rings is 2. The Morgan fingerprint density at radius 2 is 1.57 bits per heavy atom. The molecular formula is C21H20BrNO4S. The van der Waals surface area contributed by atoms with Crippen molar-refractivity contribution in [2.45, 2.75) is 40.9 Å². The van der Waals surface area contributed by atoms with Crippen molar-refractivity contribution >= 4 is 38.6 Å². The number of β-lactam (4-membered cyclic amide) rings is 1. The van der Waals surface area contributed by atoms with Gasteiger partial charge in [-0.2, -0.15) is 0 Å². The topological polar surface area (TPSA) is 63.7 Å². The van der Waals surface area contributed by atoms with Crippen LogP contribution in [0.2, 0.25) is 0 Å². The summed E-state index contributed by atoms with van der Waals surface area (Å²) in [5.41, 5.74) is 1.67. The molecule has 0 spiro atoms. The highest BCUT2D eigenvalue weighted by Crippen LogP contribution is 2.46. The quantitative estimate of drug-likeness (QED) is 0.398. The highest BCUT2D eigenvalue weighted by molar-refractivity contribution is 9.10. The lowest BCUT2D eigenvalue weighted by molar-refractivity contribution is -0.163. The molecule has 0 aromatic heterocycles. The van der Waals surface area contributed by atoms with E-state index in [9.17, 15) is 13.8 Å². The molecular weight excluding hydrogens is 442 g/mol. The zero-order valence-corrected chi connectivity index (χ0v) is 17.9. The molecule has 0 radical (unpaired) electrons. The van der Waals surface area contributed by atoms with Crippen LogP contribution in [0.1, 0.15) is 31.1 Å². The Morgan fingerprint density at radius 3 is 2.07 bits per heavy atom. The van der Waals surface area contributed by atoms with Gasteiger partial charge in [0.2, 0.25) is 5.91 Å². The van der Waals surface area contributed by atoms with Gasteiger partial charge in [-0.3, -0.25) is 9.00 Å². The van der Waals surface area contributed by atoms with Gasteiger partial charge in [-0.1, -0.05) is 76.6 Å². The van der Waals surface area contributed by atoms with Gasteiger partial charge in [0.1, 0.15) is 16.2 Å². The third kappa shape index (κ3) is 2.92. The number of ether oxygens (including phenoxy) is 1. The van der Waals surface area contributed by atoms with Crippen molar-refractivity contribution in [3.63, 3.8) is 0 Å². The number of fused-ring (bicyclic) bond motifs is 1. The minimum Gasteiger partial charge on any atom is -0.451 e. The standard InChI is InChI=1S/C21H20BrNO4S/c1-21(2)17(23-18(24)15(22)19(23)28(21)26)20(25)27-16(13-9-5-3-6-10-13)14-11-7-4-8-12-14/h3-12,15-17,19H,1-2H3/t15?,17-,19+,28?/m0/s1. The molecule has 2 aliphatic heterocycles. The molecule has 28 heavy (non-hydrogen) atoms. The highest BCUT2D eigenvalue weighted by atomic mass is 79.9. The summed E-state index contributed by atoms with van der Waals surface area (Å²) >= 11 is 3.29. The molecule has 0 aliphatic carbocycles. The third-order valence-electron chi connectivity index (χ3n) is 5.35. The molecule has 0 saturated carbocycles. The second kappa shape index (κ2) is 7.12. The van der Waals surface area contributed by atoms with E-state index in [1.165, 1.54) is 4.90 Å². The van der Waals surface area contributed by atoms with Gasteiger partial charge in [0.15, 0.2) is 6.10 Å². The summed E-state index contributed by atoms with van der Waals surface area (Å²) in [4.78, 5) is 26.5. The summed E-state index contributed by atoms with van der Waals surface area (Å²) in [7, 11) is -1.37. The lowest BCUT2D eigenvalue weighted by Crippen LogP contribution is -2.64. The number of nitrogens with zero attached hydrogens (tertiary/aromatic N) is 1. The Morgan fingerprint density at radius 1 is 1.07 bits per heavy atom. The van der Waals surface area contributed by atoms with Gasteiger partial charge in [-0.05, 0) is 25.0 Å². The predicted octanol–water partition coefficient (Wildman–Crippen LogP) is 3.16. The second-order valence-corrected chi connectivity index (χ2v) is 10.6. The van der Waals surface area contributed by atoms with Crippen LogP contribution in [-0.2, 0) is 25.1 Å². The zero-order chi connectivity index (χ0) is 20.1. The predicted molar refractivity (Wildman–Crippen MR) is 110 cm³/mol. The molecule has 0 N–H and O–H groups in total. The molecule has 1 amide bonds. The zero-order valence-electron chi connectivity index (χ0n) is 15.4. The van der Waals surface area contributed by atoms with Gasteiger partial charge in [0.25, 0.3) is 0 Å². The number of halogens is 1. The number of hydrogen-bond acceptors (Lipinski definition) is 4. The van der Waals surface area contributed by atoms with Gasteiger partial charge in [0, 0.05) is 0 Å². The summed E-state index contributed by atoms with van der Waals surface area (Å²) < 4.78 is 17.9. The fourth-order valence-electron chi connectivity index (χ4n) is 3.85. The van der Waals surface area contributed by atoms with E-state index in [1.54, 1.807) is 13.8 Å². The first-order chi connectivity index (χ1) is 13.3. The Balaban J connectivity index is 1.67. The molecule has 2 heterocycles. The minimum absolute atomic E-state index is 0.221. The maximum Gasteiger partial charge on any atom is 0.331 e. The summed E-state index contributed by atoms with van der Waals surface area (Å²) in [5, 5.41) is -0.494. The second-order valence-electron chi connectivity index (χ2n) is 7.48.